The number of rotatable bonds is 4. The molecule has 0 unspecified atom stereocenters. The fourth-order valence-corrected chi connectivity index (χ4v) is 2.54. The van der Waals surface area contributed by atoms with Crippen molar-refractivity contribution in [2.24, 2.45) is 0 Å². The van der Waals surface area contributed by atoms with Gasteiger partial charge >= 0.3 is 0 Å². The standard InChI is InChI=1S/C18H16N2O2S/c1-2-5-16(21)19-13-10-8-12(9-11-13)17-20-15-7-4-3-6-14(15)18(23)22-17/h3-4,6-11H,2,5H2,1H3,(H,19,21). The number of nitrogens with zero attached hydrogens (tertiary/aromatic N) is 1. The maximum absolute atomic E-state index is 11.6. The Morgan fingerprint density at radius 1 is 1.17 bits per heavy atom. The van der Waals surface area contributed by atoms with Gasteiger partial charge in [-0.25, -0.2) is 4.98 Å². The Balaban J connectivity index is 1.90. The molecule has 0 aliphatic heterocycles. The molecule has 4 nitrogen and oxygen atoms in total. The first-order valence-electron chi connectivity index (χ1n) is 7.47. The smallest absolute Gasteiger partial charge is 0.228 e. The molecule has 23 heavy (non-hydrogen) atoms. The van der Waals surface area contributed by atoms with E-state index in [1.165, 1.54) is 0 Å². The van der Waals surface area contributed by atoms with Gasteiger partial charge in [0.1, 0.15) is 0 Å². The van der Waals surface area contributed by atoms with Gasteiger partial charge in [0.25, 0.3) is 0 Å². The van der Waals surface area contributed by atoms with E-state index in [4.69, 9.17) is 16.6 Å². The number of nitrogens with one attached hydrogen (secondary N) is 1. The van der Waals surface area contributed by atoms with Gasteiger partial charge in [0.15, 0.2) is 0 Å². The minimum atomic E-state index is 0.0154. The summed E-state index contributed by atoms with van der Waals surface area (Å²) in [6, 6.07) is 15.0. The van der Waals surface area contributed by atoms with Gasteiger partial charge in [-0.2, -0.15) is 0 Å². The summed E-state index contributed by atoms with van der Waals surface area (Å²) >= 11 is 5.29. The summed E-state index contributed by atoms with van der Waals surface area (Å²) in [7, 11) is 0. The van der Waals surface area contributed by atoms with E-state index in [0.717, 1.165) is 28.6 Å². The van der Waals surface area contributed by atoms with Gasteiger partial charge in [-0.05, 0) is 55.0 Å². The van der Waals surface area contributed by atoms with Crippen LogP contribution in [0.5, 0.6) is 0 Å². The second kappa shape index (κ2) is 6.71. The van der Waals surface area contributed by atoms with Gasteiger partial charge in [0.2, 0.25) is 16.5 Å². The van der Waals surface area contributed by atoms with Crippen molar-refractivity contribution in [1.29, 1.82) is 0 Å². The van der Waals surface area contributed by atoms with Crippen molar-refractivity contribution < 1.29 is 9.21 Å². The first kappa shape index (κ1) is 15.4. The predicted octanol–water partition coefficient (Wildman–Crippen LogP) is 4.96. The Bertz CT molecular complexity index is 901. The summed E-state index contributed by atoms with van der Waals surface area (Å²) in [5, 5.41) is 3.68. The fraction of sp³-hybridized carbons (Fsp3) is 0.167. The van der Waals surface area contributed by atoms with Crippen LogP contribution in [-0.2, 0) is 4.79 Å². The lowest BCUT2D eigenvalue weighted by Gasteiger charge is -2.06. The predicted molar refractivity (Wildman–Crippen MR) is 93.8 cm³/mol. The Kier molecular flexibility index (Phi) is 4.48. The lowest BCUT2D eigenvalue weighted by Crippen LogP contribution is -2.10. The van der Waals surface area contributed by atoms with E-state index < -0.39 is 0 Å². The van der Waals surface area contributed by atoms with Crippen LogP contribution in [0, 0.1) is 4.71 Å². The van der Waals surface area contributed by atoms with E-state index in [1.807, 2.05) is 55.5 Å². The Labute approximate surface area is 139 Å². The van der Waals surface area contributed by atoms with Crippen LogP contribution >= 0.6 is 12.2 Å². The minimum Gasteiger partial charge on any atom is -0.426 e. The Morgan fingerprint density at radius 3 is 2.65 bits per heavy atom. The molecule has 1 N–H and O–H groups in total. The molecule has 0 radical (unpaired) electrons. The summed E-state index contributed by atoms with van der Waals surface area (Å²) in [6.45, 7) is 1.97. The number of fused-ring (bicyclic) bond motifs is 1. The molecule has 0 spiro atoms. The van der Waals surface area contributed by atoms with Crippen LogP contribution in [0.3, 0.4) is 0 Å². The average Bonchev–Trinajstić information content (AvgIpc) is 2.56. The number of carbonyl (C=O) groups is 1. The second-order valence-corrected chi connectivity index (χ2v) is 5.57. The third-order valence-electron chi connectivity index (χ3n) is 3.43. The van der Waals surface area contributed by atoms with E-state index in [2.05, 4.69) is 10.3 Å². The van der Waals surface area contributed by atoms with E-state index in [0.29, 0.717) is 17.0 Å². The van der Waals surface area contributed by atoms with Gasteiger partial charge in [0.05, 0.1) is 10.9 Å². The molecule has 1 amide bonds. The second-order valence-electron chi connectivity index (χ2n) is 5.20. The highest BCUT2D eigenvalue weighted by molar-refractivity contribution is 7.71. The third-order valence-corrected chi connectivity index (χ3v) is 3.73. The van der Waals surface area contributed by atoms with Crippen molar-refractivity contribution in [2.45, 2.75) is 19.8 Å². The Hall–Kier alpha value is -2.53. The molecule has 1 heterocycles. The number of hydrogen-bond acceptors (Lipinski definition) is 4. The summed E-state index contributed by atoms with van der Waals surface area (Å²) < 4.78 is 6.07. The Morgan fingerprint density at radius 2 is 1.91 bits per heavy atom. The lowest BCUT2D eigenvalue weighted by atomic mass is 10.2. The fourth-order valence-electron chi connectivity index (χ4n) is 2.29. The molecule has 3 aromatic rings. The number of carbonyl (C=O) groups excluding carboxylic acids is 1. The molecule has 0 atom stereocenters. The van der Waals surface area contributed by atoms with Crippen molar-refractivity contribution in [3.05, 3.63) is 53.2 Å². The van der Waals surface area contributed by atoms with E-state index in [-0.39, 0.29) is 5.91 Å². The average molecular weight is 324 g/mol. The van der Waals surface area contributed by atoms with Crippen molar-refractivity contribution in [1.82, 2.24) is 4.98 Å². The maximum atomic E-state index is 11.6. The van der Waals surface area contributed by atoms with Crippen molar-refractivity contribution in [3.8, 4) is 11.5 Å². The van der Waals surface area contributed by atoms with Gasteiger partial charge in [-0.15, -0.1) is 0 Å². The van der Waals surface area contributed by atoms with Crippen molar-refractivity contribution in [2.75, 3.05) is 5.32 Å². The monoisotopic (exact) mass is 324 g/mol. The normalized spacial score (nSPS) is 10.7. The molecule has 0 aliphatic carbocycles. The van der Waals surface area contributed by atoms with E-state index in [9.17, 15) is 4.79 Å². The summed E-state index contributed by atoms with van der Waals surface area (Å²) in [6.07, 6.45) is 1.34. The van der Waals surface area contributed by atoms with Crippen molar-refractivity contribution in [3.63, 3.8) is 0 Å². The highest BCUT2D eigenvalue weighted by atomic mass is 32.1. The molecular weight excluding hydrogens is 308 g/mol. The van der Waals surface area contributed by atoms with Crippen LogP contribution in [0.15, 0.2) is 52.9 Å². The van der Waals surface area contributed by atoms with Gasteiger partial charge in [-0.3, -0.25) is 4.79 Å². The largest absolute Gasteiger partial charge is 0.426 e. The molecule has 3 rings (SSSR count). The molecule has 0 bridgehead atoms. The van der Waals surface area contributed by atoms with Crippen LogP contribution in [-0.4, -0.2) is 10.9 Å². The zero-order valence-electron chi connectivity index (χ0n) is 12.7. The molecule has 0 aliphatic rings. The third kappa shape index (κ3) is 3.46. The number of hydrogen-bond donors (Lipinski definition) is 1. The number of para-hydroxylation sites is 1. The van der Waals surface area contributed by atoms with E-state index >= 15 is 0 Å². The summed E-state index contributed by atoms with van der Waals surface area (Å²) in [5.41, 5.74) is 2.38. The summed E-state index contributed by atoms with van der Waals surface area (Å²) in [4.78, 5) is 16.1. The molecule has 0 saturated heterocycles. The number of aromatic nitrogens is 1. The van der Waals surface area contributed by atoms with Gasteiger partial charge < -0.3 is 9.73 Å². The lowest BCUT2D eigenvalue weighted by molar-refractivity contribution is -0.116. The van der Waals surface area contributed by atoms with E-state index in [1.54, 1.807) is 0 Å². The summed E-state index contributed by atoms with van der Waals surface area (Å²) in [5.74, 6) is 0.488. The zero-order valence-corrected chi connectivity index (χ0v) is 13.5. The van der Waals surface area contributed by atoms with Crippen molar-refractivity contribution >= 4 is 34.7 Å². The molecular formula is C18H16N2O2S. The number of amides is 1. The highest BCUT2D eigenvalue weighted by Gasteiger charge is 2.07. The maximum Gasteiger partial charge on any atom is 0.228 e. The molecule has 0 fully saturated rings. The van der Waals surface area contributed by atoms with Crippen LogP contribution in [0.2, 0.25) is 0 Å². The molecule has 2 aromatic carbocycles. The molecule has 5 heteroatoms. The first-order valence-corrected chi connectivity index (χ1v) is 7.88. The van der Waals surface area contributed by atoms with Crippen LogP contribution in [0.1, 0.15) is 19.8 Å². The highest BCUT2D eigenvalue weighted by Crippen LogP contribution is 2.23. The first-order chi connectivity index (χ1) is 11.2. The van der Waals surface area contributed by atoms with Gasteiger partial charge in [-0.1, -0.05) is 19.1 Å². The molecule has 116 valence electrons. The van der Waals surface area contributed by atoms with Gasteiger partial charge in [0, 0.05) is 17.7 Å². The topological polar surface area (TPSA) is 55.1 Å². The minimum absolute atomic E-state index is 0.0154. The van der Waals surface area contributed by atoms with Crippen LogP contribution in [0.4, 0.5) is 5.69 Å². The molecule has 0 saturated carbocycles. The zero-order chi connectivity index (χ0) is 16.2. The number of anilines is 1. The molecule has 1 aromatic heterocycles. The van der Waals surface area contributed by atoms with Crippen LogP contribution in [0.25, 0.3) is 22.4 Å². The van der Waals surface area contributed by atoms with Crippen LogP contribution < -0.4 is 5.32 Å². The quantitative estimate of drug-likeness (QED) is 0.689. The SMILES string of the molecule is CCCC(=O)Nc1ccc(-c2nc3ccccc3c(=S)o2)cc1. The number of benzene rings is 2.